The van der Waals surface area contributed by atoms with Gasteiger partial charge in [0, 0.05) is 11.1 Å². The van der Waals surface area contributed by atoms with Crippen LogP contribution in [0, 0.1) is 23.3 Å². The molecule has 2 rings (SSSR count). The molecule has 1 nitrogen and oxygen atoms in total. The van der Waals surface area contributed by atoms with Crippen LogP contribution >= 0.6 is 0 Å². The topological polar surface area (TPSA) is 9.23 Å². The lowest BCUT2D eigenvalue weighted by Gasteiger charge is -2.11. The van der Waals surface area contributed by atoms with E-state index in [-0.39, 0.29) is 22.4 Å². The van der Waals surface area contributed by atoms with Gasteiger partial charge in [0.25, 0.3) is 0 Å². The highest BCUT2D eigenvalue weighted by molar-refractivity contribution is 5.66. The summed E-state index contributed by atoms with van der Waals surface area (Å²) in [5.41, 5.74) is -0.445. The summed E-state index contributed by atoms with van der Waals surface area (Å²) >= 11 is 0. The van der Waals surface area contributed by atoms with E-state index in [9.17, 15) is 17.6 Å². The van der Waals surface area contributed by atoms with Crippen LogP contribution in [0.25, 0.3) is 11.1 Å². The van der Waals surface area contributed by atoms with Gasteiger partial charge in [0.15, 0.2) is 23.2 Å². The summed E-state index contributed by atoms with van der Waals surface area (Å²) in [5.74, 6) is -5.01. The summed E-state index contributed by atoms with van der Waals surface area (Å²) in [5, 5.41) is 0. The van der Waals surface area contributed by atoms with Crippen LogP contribution < -0.4 is 4.74 Å². The van der Waals surface area contributed by atoms with Crippen LogP contribution in [0.5, 0.6) is 5.75 Å². The van der Waals surface area contributed by atoms with Crippen molar-refractivity contribution in [3.63, 3.8) is 0 Å². The molecule has 0 aliphatic carbocycles. The molecule has 0 saturated heterocycles. The Hall–Kier alpha value is -2.30. The number of hydrogen-bond acceptors (Lipinski definition) is 1. The number of halogens is 4. The zero-order valence-electron chi connectivity index (χ0n) is 14.9. The number of allylic oxidation sites excluding steroid dienone is 1. The van der Waals surface area contributed by atoms with E-state index >= 15 is 0 Å². The van der Waals surface area contributed by atoms with Crippen molar-refractivity contribution in [1.29, 1.82) is 0 Å². The molecule has 2 aromatic carbocycles. The molecule has 26 heavy (non-hydrogen) atoms. The fourth-order valence-electron chi connectivity index (χ4n) is 2.60. The molecular weight excluding hydrogens is 344 g/mol. The standard InChI is InChI=1S/C21H22F4O/c1-3-5-6-7-13-26-17-12-11-16(20(24)21(17)25)15-10-9-14(8-4-2)18(22)19(15)23/h7,9-13H,3-6,8H2,1-2H3. The SMILES string of the molecule is CCCCC=COc1ccc(-c2ccc(CCC)c(F)c2F)c(F)c1F. The lowest BCUT2D eigenvalue weighted by atomic mass is 10.00. The number of rotatable bonds is 8. The summed E-state index contributed by atoms with van der Waals surface area (Å²) in [6, 6.07) is 5.06. The van der Waals surface area contributed by atoms with E-state index in [1.165, 1.54) is 30.5 Å². The first-order valence-electron chi connectivity index (χ1n) is 8.78. The van der Waals surface area contributed by atoms with Crippen molar-refractivity contribution in [3.8, 4) is 16.9 Å². The third-order valence-corrected chi connectivity index (χ3v) is 4.03. The van der Waals surface area contributed by atoms with Crippen molar-refractivity contribution in [2.75, 3.05) is 0 Å². The lowest BCUT2D eigenvalue weighted by Crippen LogP contribution is -2.00. The smallest absolute Gasteiger partial charge is 0.201 e. The normalized spacial score (nSPS) is 11.3. The Morgan fingerprint density at radius 2 is 1.46 bits per heavy atom. The maximum atomic E-state index is 14.4. The van der Waals surface area contributed by atoms with E-state index in [0.717, 1.165) is 19.3 Å². The Morgan fingerprint density at radius 3 is 2.12 bits per heavy atom. The van der Waals surface area contributed by atoms with Gasteiger partial charge < -0.3 is 4.74 Å². The van der Waals surface area contributed by atoms with Crippen molar-refractivity contribution in [2.24, 2.45) is 0 Å². The number of unbranched alkanes of at least 4 members (excludes halogenated alkanes) is 2. The zero-order valence-corrected chi connectivity index (χ0v) is 14.9. The minimum absolute atomic E-state index is 0.215. The summed E-state index contributed by atoms with van der Waals surface area (Å²) in [6.45, 7) is 3.88. The molecule has 0 N–H and O–H groups in total. The van der Waals surface area contributed by atoms with Gasteiger partial charge in [-0.2, -0.15) is 4.39 Å². The Kier molecular flexibility index (Phi) is 7.25. The predicted molar refractivity (Wildman–Crippen MR) is 95.0 cm³/mol. The van der Waals surface area contributed by atoms with Crippen LogP contribution in [0.3, 0.4) is 0 Å². The molecule has 0 heterocycles. The summed E-state index contributed by atoms with van der Waals surface area (Å²) < 4.78 is 62.1. The minimum Gasteiger partial charge on any atom is -0.462 e. The summed E-state index contributed by atoms with van der Waals surface area (Å²) in [4.78, 5) is 0. The Labute approximate surface area is 151 Å². The second-order valence-electron chi connectivity index (χ2n) is 6.02. The zero-order chi connectivity index (χ0) is 19.1. The fourth-order valence-corrected chi connectivity index (χ4v) is 2.60. The second-order valence-corrected chi connectivity index (χ2v) is 6.02. The molecule has 5 heteroatoms. The van der Waals surface area contributed by atoms with Crippen molar-refractivity contribution in [2.45, 2.75) is 46.0 Å². The van der Waals surface area contributed by atoms with E-state index in [0.29, 0.717) is 12.8 Å². The molecule has 2 aromatic rings. The number of benzene rings is 2. The fraction of sp³-hybridized carbons (Fsp3) is 0.333. The minimum atomic E-state index is -1.27. The van der Waals surface area contributed by atoms with E-state index < -0.39 is 23.3 Å². The number of ether oxygens (including phenoxy) is 1. The monoisotopic (exact) mass is 366 g/mol. The highest BCUT2D eigenvalue weighted by Crippen LogP contribution is 2.33. The molecule has 0 amide bonds. The van der Waals surface area contributed by atoms with E-state index in [2.05, 4.69) is 0 Å². The van der Waals surface area contributed by atoms with Crippen LogP contribution in [0.1, 0.15) is 45.1 Å². The van der Waals surface area contributed by atoms with Crippen molar-refractivity contribution < 1.29 is 22.3 Å². The van der Waals surface area contributed by atoms with Crippen molar-refractivity contribution in [3.05, 3.63) is 65.4 Å². The molecule has 140 valence electrons. The molecule has 0 aliphatic heterocycles. The van der Waals surface area contributed by atoms with Gasteiger partial charge in [0.05, 0.1) is 6.26 Å². The molecule has 0 spiro atoms. The van der Waals surface area contributed by atoms with Gasteiger partial charge in [-0.3, -0.25) is 0 Å². The lowest BCUT2D eigenvalue weighted by molar-refractivity contribution is 0.414. The van der Waals surface area contributed by atoms with E-state index in [1.807, 2.05) is 13.8 Å². The summed E-state index contributed by atoms with van der Waals surface area (Å²) in [6.07, 6.45) is 6.79. The van der Waals surface area contributed by atoms with Crippen LogP contribution in [0.2, 0.25) is 0 Å². The van der Waals surface area contributed by atoms with Crippen LogP contribution in [-0.4, -0.2) is 0 Å². The van der Waals surface area contributed by atoms with Gasteiger partial charge in [-0.25, -0.2) is 13.2 Å². The Balaban J connectivity index is 2.30. The van der Waals surface area contributed by atoms with Gasteiger partial charge in [0.2, 0.25) is 5.82 Å². The molecule has 0 bridgehead atoms. The molecule has 0 saturated carbocycles. The third kappa shape index (κ3) is 4.45. The molecule has 0 atom stereocenters. The summed E-state index contributed by atoms with van der Waals surface area (Å²) in [7, 11) is 0. The molecule has 0 aliphatic rings. The van der Waals surface area contributed by atoms with Crippen LogP contribution in [0.15, 0.2) is 36.6 Å². The molecular formula is C21H22F4O. The number of aryl methyl sites for hydroxylation is 1. The van der Waals surface area contributed by atoms with Gasteiger partial charge >= 0.3 is 0 Å². The molecule has 0 unspecified atom stereocenters. The van der Waals surface area contributed by atoms with Gasteiger partial charge in [0.1, 0.15) is 0 Å². The highest BCUT2D eigenvalue weighted by atomic mass is 19.2. The van der Waals surface area contributed by atoms with E-state index in [1.54, 1.807) is 6.08 Å². The average Bonchev–Trinajstić information content (AvgIpc) is 2.63. The highest BCUT2D eigenvalue weighted by Gasteiger charge is 2.20. The molecule has 0 fully saturated rings. The molecule has 0 radical (unpaired) electrons. The van der Waals surface area contributed by atoms with Crippen LogP contribution in [0.4, 0.5) is 17.6 Å². The quantitative estimate of drug-likeness (QED) is 0.279. The number of hydrogen-bond donors (Lipinski definition) is 0. The third-order valence-electron chi connectivity index (χ3n) is 4.03. The van der Waals surface area contributed by atoms with Crippen molar-refractivity contribution in [1.82, 2.24) is 0 Å². The molecule has 0 aromatic heterocycles. The maximum absolute atomic E-state index is 14.4. The van der Waals surface area contributed by atoms with Crippen molar-refractivity contribution >= 4 is 0 Å². The van der Waals surface area contributed by atoms with Crippen LogP contribution in [-0.2, 0) is 6.42 Å². The second kappa shape index (κ2) is 9.41. The predicted octanol–water partition coefficient (Wildman–Crippen LogP) is 6.95. The first kappa shape index (κ1) is 20.0. The Bertz CT molecular complexity index is 784. The first-order valence-corrected chi connectivity index (χ1v) is 8.78. The average molecular weight is 366 g/mol. The largest absolute Gasteiger partial charge is 0.462 e. The van der Waals surface area contributed by atoms with Gasteiger partial charge in [-0.1, -0.05) is 38.8 Å². The van der Waals surface area contributed by atoms with E-state index in [4.69, 9.17) is 4.74 Å². The first-order chi connectivity index (χ1) is 12.5. The Morgan fingerprint density at radius 1 is 0.808 bits per heavy atom. The van der Waals surface area contributed by atoms with Gasteiger partial charge in [-0.05, 0) is 43.0 Å². The maximum Gasteiger partial charge on any atom is 0.201 e. The van der Waals surface area contributed by atoms with Gasteiger partial charge in [-0.15, -0.1) is 0 Å².